The van der Waals surface area contributed by atoms with Gasteiger partial charge in [-0.05, 0) is 37.2 Å². The topological polar surface area (TPSA) is 80.5 Å². The zero-order valence-corrected chi connectivity index (χ0v) is 11.6. The second-order valence-corrected chi connectivity index (χ2v) is 6.29. The lowest BCUT2D eigenvalue weighted by molar-refractivity contribution is -0.384. The van der Waals surface area contributed by atoms with Crippen molar-refractivity contribution in [2.45, 2.75) is 19.3 Å². The molecule has 0 spiro atoms. The Labute approximate surface area is 125 Å². The molecule has 2 saturated carbocycles. The average molecular weight is 304 g/mol. The molecule has 1 saturated heterocycles. The fraction of sp³-hybridized carbons (Fsp3) is 0.467. The molecule has 4 atom stereocenters. The van der Waals surface area contributed by atoms with E-state index in [1.807, 2.05) is 0 Å². The monoisotopic (exact) mass is 304 g/mol. The lowest BCUT2D eigenvalue weighted by Gasteiger charge is -2.19. The number of halogens is 1. The van der Waals surface area contributed by atoms with Crippen LogP contribution in [0.15, 0.2) is 18.2 Å². The molecule has 22 heavy (non-hydrogen) atoms. The molecule has 4 unspecified atom stereocenters. The van der Waals surface area contributed by atoms with Crippen LogP contribution in [-0.4, -0.2) is 16.7 Å². The first kappa shape index (κ1) is 13.4. The standard InChI is InChI=1S/C15H13FN2O4/c16-10-4-3-9(18(21)22)6-11(10)17-14(19)12-7-1-2-8(5-7)13(12)15(17)20/h3-4,6-8,12-13H,1-2,5H2. The van der Waals surface area contributed by atoms with Crippen molar-refractivity contribution in [1.82, 2.24) is 0 Å². The molecule has 114 valence electrons. The molecule has 2 amide bonds. The van der Waals surface area contributed by atoms with Crippen LogP contribution in [-0.2, 0) is 9.59 Å². The van der Waals surface area contributed by atoms with Crippen LogP contribution in [0.3, 0.4) is 0 Å². The molecule has 3 aliphatic rings. The van der Waals surface area contributed by atoms with Crippen molar-refractivity contribution in [1.29, 1.82) is 0 Å². The maximum Gasteiger partial charge on any atom is 0.271 e. The van der Waals surface area contributed by atoms with Gasteiger partial charge >= 0.3 is 0 Å². The van der Waals surface area contributed by atoms with E-state index in [9.17, 15) is 24.1 Å². The lowest BCUT2D eigenvalue weighted by Crippen LogP contribution is -2.33. The summed E-state index contributed by atoms with van der Waals surface area (Å²) in [7, 11) is 0. The molecular weight excluding hydrogens is 291 g/mol. The Bertz CT molecular complexity index is 691. The summed E-state index contributed by atoms with van der Waals surface area (Å²) >= 11 is 0. The van der Waals surface area contributed by atoms with Gasteiger partial charge in [-0.15, -0.1) is 0 Å². The summed E-state index contributed by atoms with van der Waals surface area (Å²) < 4.78 is 14.0. The zero-order chi connectivity index (χ0) is 15.6. The van der Waals surface area contributed by atoms with E-state index < -0.39 is 22.6 Å². The highest BCUT2D eigenvalue weighted by molar-refractivity contribution is 6.22. The maximum absolute atomic E-state index is 14.0. The third-order valence-electron chi connectivity index (χ3n) is 5.31. The Morgan fingerprint density at radius 1 is 1.14 bits per heavy atom. The summed E-state index contributed by atoms with van der Waals surface area (Å²) in [6.45, 7) is 0. The number of hydrogen-bond donors (Lipinski definition) is 0. The van der Waals surface area contributed by atoms with Crippen molar-refractivity contribution in [3.63, 3.8) is 0 Å². The minimum absolute atomic E-state index is 0.193. The van der Waals surface area contributed by atoms with Gasteiger partial charge < -0.3 is 0 Å². The molecule has 1 aromatic rings. The van der Waals surface area contributed by atoms with Crippen LogP contribution >= 0.6 is 0 Å². The third-order valence-corrected chi connectivity index (χ3v) is 5.31. The van der Waals surface area contributed by atoms with Gasteiger partial charge in [0.15, 0.2) is 0 Å². The van der Waals surface area contributed by atoms with Gasteiger partial charge in [0.25, 0.3) is 5.69 Å². The van der Waals surface area contributed by atoms with Crippen molar-refractivity contribution >= 4 is 23.2 Å². The minimum Gasteiger partial charge on any atom is -0.274 e. The summed E-state index contributed by atoms with van der Waals surface area (Å²) in [6.07, 6.45) is 2.74. The van der Waals surface area contributed by atoms with Gasteiger partial charge in [0, 0.05) is 12.1 Å². The van der Waals surface area contributed by atoms with Crippen molar-refractivity contribution in [3.05, 3.63) is 34.1 Å². The highest BCUT2D eigenvalue weighted by atomic mass is 19.1. The van der Waals surface area contributed by atoms with E-state index >= 15 is 0 Å². The number of carbonyl (C=O) groups is 2. The molecular formula is C15H13FN2O4. The van der Waals surface area contributed by atoms with Gasteiger partial charge in [-0.1, -0.05) is 0 Å². The van der Waals surface area contributed by atoms with E-state index in [0.29, 0.717) is 0 Å². The lowest BCUT2D eigenvalue weighted by atomic mass is 9.81. The summed E-state index contributed by atoms with van der Waals surface area (Å²) in [5.41, 5.74) is -0.630. The first-order valence-corrected chi connectivity index (χ1v) is 7.31. The average Bonchev–Trinajstić information content (AvgIpc) is 3.14. The van der Waals surface area contributed by atoms with Crippen LogP contribution in [0.25, 0.3) is 0 Å². The molecule has 0 aromatic heterocycles. The fourth-order valence-corrected chi connectivity index (χ4v) is 4.43. The van der Waals surface area contributed by atoms with Gasteiger partial charge in [0.2, 0.25) is 11.8 Å². The largest absolute Gasteiger partial charge is 0.274 e. The van der Waals surface area contributed by atoms with Crippen LogP contribution in [0.1, 0.15) is 19.3 Å². The molecule has 0 radical (unpaired) electrons. The van der Waals surface area contributed by atoms with Gasteiger partial charge in [-0.2, -0.15) is 0 Å². The van der Waals surface area contributed by atoms with Gasteiger partial charge in [0.1, 0.15) is 5.82 Å². The van der Waals surface area contributed by atoms with Crippen molar-refractivity contribution < 1.29 is 18.9 Å². The summed E-state index contributed by atoms with van der Waals surface area (Å²) in [5.74, 6) is -1.95. The van der Waals surface area contributed by atoms with E-state index in [-0.39, 0.29) is 35.0 Å². The smallest absolute Gasteiger partial charge is 0.271 e. The zero-order valence-electron chi connectivity index (χ0n) is 11.6. The van der Waals surface area contributed by atoms with E-state index in [0.717, 1.165) is 42.4 Å². The number of fused-ring (bicyclic) bond motifs is 5. The Morgan fingerprint density at radius 3 is 2.27 bits per heavy atom. The first-order valence-electron chi connectivity index (χ1n) is 7.31. The van der Waals surface area contributed by atoms with E-state index in [1.54, 1.807) is 0 Å². The highest BCUT2D eigenvalue weighted by Crippen LogP contribution is 2.56. The highest BCUT2D eigenvalue weighted by Gasteiger charge is 2.61. The predicted molar refractivity (Wildman–Crippen MR) is 73.4 cm³/mol. The Kier molecular flexibility index (Phi) is 2.64. The van der Waals surface area contributed by atoms with Crippen molar-refractivity contribution in [3.8, 4) is 0 Å². The Hall–Kier alpha value is -2.31. The fourth-order valence-electron chi connectivity index (χ4n) is 4.43. The van der Waals surface area contributed by atoms with Crippen LogP contribution < -0.4 is 4.90 Å². The summed E-state index contributed by atoms with van der Waals surface area (Å²) in [4.78, 5) is 36.2. The SMILES string of the molecule is O=C1C2C3CCC(C3)C2C(=O)N1c1cc([N+](=O)[O-])ccc1F. The molecule has 3 fully saturated rings. The number of carbonyl (C=O) groups excluding carboxylic acids is 2. The molecule has 1 aliphatic heterocycles. The third kappa shape index (κ3) is 1.59. The number of benzene rings is 1. The van der Waals surface area contributed by atoms with Crippen molar-refractivity contribution in [2.75, 3.05) is 4.90 Å². The number of nitro groups is 1. The Balaban J connectivity index is 1.78. The van der Waals surface area contributed by atoms with E-state index in [1.165, 1.54) is 0 Å². The molecule has 0 N–H and O–H groups in total. The second kappa shape index (κ2) is 4.34. The van der Waals surface area contributed by atoms with Gasteiger partial charge in [-0.25, -0.2) is 9.29 Å². The molecule has 7 heteroatoms. The number of nitro benzene ring substituents is 1. The normalized spacial score (nSPS) is 32.7. The molecule has 2 bridgehead atoms. The number of imide groups is 1. The molecule has 6 nitrogen and oxygen atoms in total. The summed E-state index contributed by atoms with van der Waals surface area (Å²) in [5, 5.41) is 10.8. The summed E-state index contributed by atoms with van der Waals surface area (Å²) in [6, 6.07) is 2.92. The number of hydrogen-bond acceptors (Lipinski definition) is 4. The van der Waals surface area contributed by atoms with Crippen LogP contribution in [0.4, 0.5) is 15.8 Å². The number of anilines is 1. The number of nitrogens with zero attached hydrogens (tertiary/aromatic N) is 2. The maximum atomic E-state index is 14.0. The quantitative estimate of drug-likeness (QED) is 0.477. The predicted octanol–water partition coefficient (Wildman–Crippen LogP) is 2.27. The van der Waals surface area contributed by atoms with Crippen LogP contribution in [0.5, 0.6) is 0 Å². The van der Waals surface area contributed by atoms with Crippen molar-refractivity contribution in [2.24, 2.45) is 23.7 Å². The van der Waals surface area contributed by atoms with Crippen LogP contribution in [0, 0.1) is 39.6 Å². The number of amides is 2. The molecule has 4 rings (SSSR count). The number of non-ortho nitro benzene ring substituents is 1. The Morgan fingerprint density at radius 2 is 1.73 bits per heavy atom. The van der Waals surface area contributed by atoms with E-state index in [4.69, 9.17) is 0 Å². The molecule has 2 aliphatic carbocycles. The van der Waals surface area contributed by atoms with Gasteiger partial charge in [-0.3, -0.25) is 19.7 Å². The molecule has 1 aromatic carbocycles. The van der Waals surface area contributed by atoms with E-state index in [2.05, 4.69) is 0 Å². The van der Waals surface area contributed by atoms with Gasteiger partial charge in [0.05, 0.1) is 22.4 Å². The minimum atomic E-state index is -0.792. The van der Waals surface area contributed by atoms with Crippen LogP contribution in [0.2, 0.25) is 0 Å². The molecule has 1 heterocycles. The first-order chi connectivity index (χ1) is 10.5. The number of rotatable bonds is 2. The second-order valence-electron chi connectivity index (χ2n) is 6.29.